The number of anilines is 1. The Hall–Kier alpha value is -2.87. The van der Waals surface area contributed by atoms with E-state index in [9.17, 15) is 9.18 Å². The molecule has 3 aromatic carbocycles. The van der Waals surface area contributed by atoms with Crippen LogP contribution in [0.5, 0.6) is 0 Å². The minimum atomic E-state index is -0.404. The van der Waals surface area contributed by atoms with E-state index in [0.29, 0.717) is 32.3 Å². The summed E-state index contributed by atoms with van der Waals surface area (Å²) in [5, 5.41) is 12.5. The number of halogens is 3. The molecule has 0 aliphatic heterocycles. The van der Waals surface area contributed by atoms with Crippen molar-refractivity contribution in [3.05, 3.63) is 88.7 Å². The minimum Gasteiger partial charge on any atom is -0.325 e. The third-order valence-electron chi connectivity index (χ3n) is 4.24. The highest BCUT2D eigenvalue weighted by molar-refractivity contribution is 7.99. The Morgan fingerprint density at radius 3 is 2.35 bits per heavy atom. The minimum absolute atomic E-state index is 0.0619. The zero-order valence-electron chi connectivity index (χ0n) is 15.9. The first-order valence-electron chi connectivity index (χ1n) is 9.16. The lowest BCUT2D eigenvalue weighted by Crippen LogP contribution is -2.14. The topological polar surface area (TPSA) is 59.8 Å². The van der Waals surface area contributed by atoms with Gasteiger partial charge in [0.1, 0.15) is 5.82 Å². The summed E-state index contributed by atoms with van der Waals surface area (Å²) in [5.74, 6) is -0.252. The number of amides is 1. The van der Waals surface area contributed by atoms with Crippen LogP contribution in [0.2, 0.25) is 10.0 Å². The fourth-order valence-electron chi connectivity index (χ4n) is 2.94. The maximum Gasteiger partial charge on any atom is 0.234 e. The number of carbonyl (C=O) groups excluding carboxylic acids is 1. The standard InChI is InChI=1S/C22H15Cl2FN4OS/c23-14-10-15(24)12-16(11-14)26-20(30)13-31-22-28-27-21(18-8-4-5-9-19(18)25)29(22)17-6-2-1-3-7-17/h1-12H,13H2,(H,26,30). The van der Waals surface area contributed by atoms with Crippen LogP contribution in [0.4, 0.5) is 10.1 Å². The van der Waals surface area contributed by atoms with Crippen LogP contribution in [-0.4, -0.2) is 26.4 Å². The lowest BCUT2D eigenvalue weighted by atomic mass is 10.2. The van der Waals surface area contributed by atoms with Gasteiger partial charge >= 0.3 is 0 Å². The third kappa shape index (κ3) is 5.07. The highest BCUT2D eigenvalue weighted by atomic mass is 35.5. The van der Waals surface area contributed by atoms with Crippen LogP contribution in [0.25, 0.3) is 17.1 Å². The van der Waals surface area contributed by atoms with Crippen LogP contribution in [0.1, 0.15) is 0 Å². The molecule has 1 amide bonds. The number of rotatable bonds is 6. The van der Waals surface area contributed by atoms with Crippen LogP contribution in [0, 0.1) is 5.82 Å². The van der Waals surface area contributed by atoms with Crippen molar-refractivity contribution in [2.45, 2.75) is 5.16 Å². The molecule has 0 unspecified atom stereocenters. The van der Waals surface area contributed by atoms with E-state index in [1.165, 1.54) is 17.8 Å². The van der Waals surface area contributed by atoms with Gasteiger partial charge in [-0.3, -0.25) is 9.36 Å². The van der Waals surface area contributed by atoms with Gasteiger partial charge in [0.2, 0.25) is 5.91 Å². The van der Waals surface area contributed by atoms with E-state index in [1.54, 1.807) is 41.0 Å². The number of nitrogens with one attached hydrogen (secondary N) is 1. The van der Waals surface area contributed by atoms with Gasteiger partial charge in [-0.2, -0.15) is 0 Å². The largest absolute Gasteiger partial charge is 0.325 e. The molecule has 4 rings (SSSR count). The number of aromatic nitrogens is 3. The SMILES string of the molecule is O=C(CSc1nnc(-c2ccccc2F)n1-c1ccccc1)Nc1cc(Cl)cc(Cl)c1. The molecule has 0 bridgehead atoms. The van der Waals surface area contributed by atoms with Crippen molar-refractivity contribution in [3.8, 4) is 17.1 Å². The first kappa shape index (κ1) is 21.4. The Morgan fingerprint density at radius 1 is 0.968 bits per heavy atom. The van der Waals surface area contributed by atoms with Crippen molar-refractivity contribution >= 4 is 46.6 Å². The van der Waals surface area contributed by atoms with E-state index >= 15 is 0 Å². The maximum absolute atomic E-state index is 14.4. The number of carbonyl (C=O) groups is 1. The summed E-state index contributed by atoms with van der Waals surface area (Å²) >= 11 is 13.1. The first-order chi connectivity index (χ1) is 15.0. The fraction of sp³-hybridized carbons (Fsp3) is 0.0455. The number of thioether (sulfide) groups is 1. The fourth-order valence-corrected chi connectivity index (χ4v) is 4.22. The van der Waals surface area contributed by atoms with Gasteiger partial charge in [0.25, 0.3) is 0 Å². The summed E-state index contributed by atoms with van der Waals surface area (Å²) in [6, 6.07) is 20.5. The average molecular weight is 473 g/mol. The van der Waals surface area contributed by atoms with Crippen molar-refractivity contribution in [2.24, 2.45) is 0 Å². The number of para-hydroxylation sites is 1. The second-order valence-electron chi connectivity index (χ2n) is 6.45. The third-order valence-corrected chi connectivity index (χ3v) is 5.61. The Kier molecular flexibility index (Phi) is 6.56. The summed E-state index contributed by atoms with van der Waals surface area (Å²) in [4.78, 5) is 12.5. The van der Waals surface area contributed by atoms with Crippen molar-refractivity contribution < 1.29 is 9.18 Å². The van der Waals surface area contributed by atoms with E-state index in [2.05, 4.69) is 15.5 Å². The second-order valence-corrected chi connectivity index (χ2v) is 8.27. The van der Waals surface area contributed by atoms with Gasteiger partial charge in [0.05, 0.1) is 11.3 Å². The molecule has 156 valence electrons. The molecule has 0 fully saturated rings. The van der Waals surface area contributed by atoms with Crippen LogP contribution in [0.15, 0.2) is 78.0 Å². The van der Waals surface area contributed by atoms with Crippen LogP contribution >= 0.6 is 35.0 Å². The van der Waals surface area contributed by atoms with Gasteiger partial charge in [-0.25, -0.2) is 4.39 Å². The first-order valence-corrected chi connectivity index (χ1v) is 10.9. The molecule has 0 aliphatic rings. The lowest BCUT2D eigenvalue weighted by molar-refractivity contribution is -0.113. The van der Waals surface area contributed by atoms with E-state index in [1.807, 2.05) is 30.3 Å². The second kappa shape index (κ2) is 9.51. The molecule has 0 spiro atoms. The molecule has 1 N–H and O–H groups in total. The van der Waals surface area contributed by atoms with Crippen molar-refractivity contribution in [3.63, 3.8) is 0 Å². The highest BCUT2D eigenvalue weighted by Gasteiger charge is 2.19. The maximum atomic E-state index is 14.4. The van der Waals surface area contributed by atoms with Crippen LogP contribution < -0.4 is 5.32 Å². The van der Waals surface area contributed by atoms with Gasteiger partial charge in [-0.1, -0.05) is 65.3 Å². The molecule has 1 heterocycles. The Morgan fingerprint density at radius 2 is 1.65 bits per heavy atom. The van der Waals surface area contributed by atoms with E-state index in [0.717, 1.165) is 5.69 Å². The van der Waals surface area contributed by atoms with Gasteiger partial charge in [0, 0.05) is 21.4 Å². The molecule has 0 aliphatic carbocycles. The van der Waals surface area contributed by atoms with Gasteiger partial charge in [-0.05, 0) is 42.5 Å². The van der Waals surface area contributed by atoms with Crippen molar-refractivity contribution in [1.82, 2.24) is 14.8 Å². The predicted molar refractivity (Wildman–Crippen MR) is 123 cm³/mol. The molecule has 4 aromatic rings. The van der Waals surface area contributed by atoms with E-state index in [4.69, 9.17) is 23.2 Å². The Bertz CT molecular complexity index is 1210. The average Bonchev–Trinajstić information content (AvgIpc) is 3.16. The molecule has 1 aromatic heterocycles. The van der Waals surface area contributed by atoms with Gasteiger partial charge < -0.3 is 5.32 Å². The van der Waals surface area contributed by atoms with E-state index in [-0.39, 0.29) is 11.7 Å². The molecule has 0 atom stereocenters. The monoisotopic (exact) mass is 472 g/mol. The predicted octanol–water partition coefficient (Wildman–Crippen LogP) is 6.11. The number of hydrogen-bond donors (Lipinski definition) is 1. The van der Waals surface area contributed by atoms with Crippen molar-refractivity contribution in [1.29, 1.82) is 0 Å². The zero-order valence-corrected chi connectivity index (χ0v) is 18.3. The highest BCUT2D eigenvalue weighted by Crippen LogP contribution is 2.29. The summed E-state index contributed by atoms with van der Waals surface area (Å²) in [7, 11) is 0. The summed E-state index contributed by atoms with van der Waals surface area (Å²) in [6.07, 6.45) is 0. The quantitative estimate of drug-likeness (QED) is 0.343. The molecule has 9 heteroatoms. The number of hydrogen-bond acceptors (Lipinski definition) is 4. The molecular weight excluding hydrogens is 458 g/mol. The van der Waals surface area contributed by atoms with Gasteiger partial charge in [0.15, 0.2) is 11.0 Å². The van der Waals surface area contributed by atoms with Gasteiger partial charge in [-0.15, -0.1) is 10.2 Å². The van der Waals surface area contributed by atoms with Crippen LogP contribution in [0.3, 0.4) is 0 Å². The molecule has 0 saturated heterocycles. The summed E-state index contributed by atoms with van der Waals surface area (Å²) < 4.78 is 16.2. The molecule has 0 saturated carbocycles. The normalized spacial score (nSPS) is 10.8. The zero-order chi connectivity index (χ0) is 21.8. The van der Waals surface area contributed by atoms with Crippen molar-refractivity contribution in [2.75, 3.05) is 11.1 Å². The molecule has 5 nitrogen and oxygen atoms in total. The Balaban J connectivity index is 1.60. The number of benzene rings is 3. The Labute approximate surface area is 192 Å². The smallest absolute Gasteiger partial charge is 0.234 e. The summed E-state index contributed by atoms with van der Waals surface area (Å²) in [6.45, 7) is 0. The number of nitrogens with zero attached hydrogens (tertiary/aromatic N) is 3. The molecule has 0 radical (unpaired) electrons. The molecule has 31 heavy (non-hydrogen) atoms. The van der Waals surface area contributed by atoms with Crippen LogP contribution in [-0.2, 0) is 4.79 Å². The molecular formula is C22H15Cl2FN4OS. The summed E-state index contributed by atoms with van der Waals surface area (Å²) in [5.41, 5.74) is 1.58. The van der Waals surface area contributed by atoms with E-state index < -0.39 is 5.82 Å². The lowest BCUT2D eigenvalue weighted by Gasteiger charge is -2.11.